The molecule has 0 spiro atoms. The van der Waals surface area contributed by atoms with Gasteiger partial charge in [-0.15, -0.1) is 0 Å². The quantitative estimate of drug-likeness (QED) is 0.539. The molecular formula is C12H18N2O2. The average molecular weight is 222 g/mol. The Balaban J connectivity index is 1.57. The number of nitrogens with zero attached hydrogens (tertiary/aromatic N) is 2. The molecule has 0 aromatic heterocycles. The van der Waals surface area contributed by atoms with Crippen molar-refractivity contribution in [1.29, 1.82) is 0 Å². The fraction of sp³-hybridized carbons (Fsp3) is 0.833. The predicted molar refractivity (Wildman–Crippen MR) is 59.4 cm³/mol. The molecule has 1 N–H and O–H groups in total. The summed E-state index contributed by atoms with van der Waals surface area (Å²) in [5, 5.41) is 11.9. The SMILES string of the molecule is O=C(C1C2CCCC21)N1CCC(=NO)CC1. The number of piperidine rings is 1. The van der Waals surface area contributed by atoms with Gasteiger partial charge in [-0.05, 0) is 24.7 Å². The molecule has 4 heteroatoms. The average Bonchev–Trinajstić information content (AvgIpc) is 2.81. The summed E-state index contributed by atoms with van der Waals surface area (Å²) in [5.74, 6) is 2.13. The van der Waals surface area contributed by atoms with Crippen molar-refractivity contribution in [2.45, 2.75) is 32.1 Å². The van der Waals surface area contributed by atoms with E-state index in [9.17, 15) is 4.79 Å². The van der Waals surface area contributed by atoms with E-state index in [1.54, 1.807) is 0 Å². The molecule has 1 aliphatic heterocycles. The van der Waals surface area contributed by atoms with Gasteiger partial charge in [-0.25, -0.2) is 0 Å². The predicted octanol–water partition coefficient (Wildman–Crippen LogP) is 1.49. The molecule has 2 aliphatic carbocycles. The Kier molecular flexibility index (Phi) is 2.37. The zero-order valence-electron chi connectivity index (χ0n) is 9.43. The number of amides is 1. The Morgan fingerprint density at radius 1 is 1.25 bits per heavy atom. The van der Waals surface area contributed by atoms with Crippen molar-refractivity contribution in [2.24, 2.45) is 22.9 Å². The molecular weight excluding hydrogens is 204 g/mol. The lowest BCUT2D eigenvalue weighted by Crippen LogP contribution is -2.40. The molecule has 3 aliphatic rings. The van der Waals surface area contributed by atoms with Gasteiger partial charge in [0, 0.05) is 31.8 Å². The largest absolute Gasteiger partial charge is 0.411 e. The van der Waals surface area contributed by atoms with Gasteiger partial charge in [-0.2, -0.15) is 0 Å². The smallest absolute Gasteiger partial charge is 0.226 e. The van der Waals surface area contributed by atoms with Crippen LogP contribution in [0.15, 0.2) is 5.16 Å². The second kappa shape index (κ2) is 3.75. The van der Waals surface area contributed by atoms with Gasteiger partial charge >= 0.3 is 0 Å². The van der Waals surface area contributed by atoms with Crippen LogP contribution in [0.25, 0.3) is 0 Å². The first-order chi connectivity index (χ1) is 7.81. The van der Waals surface area contributed by atoms with E-state index in [4.69, 9.17) is 5.21 Å². The van der Waals surface area contributed by atoms with E-state index in [0.717, 1.165) is 31.6 Å². The molecule has 2 atom stereocenters. The summed E-state index contributed by atoms with van der Waals surface area (Å²) >= 11 is 0. The summed E-state index contributed by atoms with van der Waals surface area (Å²) in [4.78, 5) is 14.2. The Bertz CT molecular complexity index is 320. The molecule has 0 aromatic rings. The van der Waals surface area contributed by atoms with Crippen LogP contribution in [0.4, 0.5) is 0 Å². The summed E-state index contributed by atoms with van der Waals surface area (Å²) in [5.41, 5.74) is 0.833. The molecule has 88 valence electrons. The van der Waals surface area contributed by atoms with E-state index in [1.165, 1.54) is 19.3 Å². The zero-order chi connectivity index (χ0) is 11.1. The van der Waals surface area contributed by atoms with E-state index in [0.29, 0.717) is 23.7 Å². The first kappa shape index (κ1) is 10.1. The third kappa shape index (κ3) is 1.51. The summed E-state index contributed by atoms with van der Waals surface area (Å²) in [7, 11) is 0. The summed E-state index contributed by atoms with van der Waals surface area (Å²) in [6.45, 7) is 1.49. The third-order valence-electron chi connectivity index (χ3n) is 4.49. The molecule has 2 unspecified atom stereocenters. The number of hydrogen-bond acceptors (Lipinski definition) is 3. The van der Waals surface area contributed by atoms with Crippen LogP contribution in [-0.2, 0) is 4.79 Å². The van der Waals surface area contributed by atoms with Gasteiger partial charge in [0.05, 0.1) is 5.71 Å². The van der Waals surface area contributed by atoms with Gasteiger partial charge in [-0.3, -0.25) is 4.79 Å². The lowest BCUT2D eigenvalue weighted by atomic mass is 10.1. The number of oxime groups is 1. The maximum absolute atomic E-state index is 12.2. The molecule has 0 aromatic carbocycles. The summed E-state index contributed by atoms with van der Waals surface area (Å²) < 4.78 is 0. The Morgan fingerprint density at radius 2 is 1.88 bits per heavy atom. The van der Waals surface area contributed by atoms with Crippen LogP contribution in [0.5, 0.6) is 0 Å². The van der Waals surface area contributed by atoms with Crippen LogP contribution in [0, 0.1) is 17.8 Å². The van der Waals surface area contributed by atoms with E-state index < -0.39 is 0 Å². The Hall–Kier alpha value is -1.06. The van der Waals surface area contributed by atoms with E-state index in [2.05, 4.69) is 5.16 Å². The fourth-order valence-corrected chi connectivity index (χ4v) is 3.48. The van der Waals surface area contributed by atoms with Gasteiger partial charge in [-0.1, -0.05) is 11.6 Å². The molecule has 1 amide bonds. The highest BCUT2D eigenvalue weighted by Crippen LogP contribution is 2.58. The Morgan fingerprint density at radius 3 is 2.44 bits per heavy atom. The van der Waals surface area contributed by atoms with Crippen molar-refractivity contribution in [2.75, 3.05) is 13.1 Å². The molecule has 3 rings (SSSR count). The lowest BCUT2D eigenvalue weighted by molar-refractivity contribution is -0.133. The standard InChI is InChI=1S/C12H18N2O2/c15-12(11-9-2-1-3-10(9)11)14-6-4-8(13-16)5-7-14/h9-11,16H,1-7H2. The van der Waals surface area contributed by atoms with Crippen molar-refractivity contribution in [3.8, 4) is 0 Å². The highest BCUT2D eigenvalue weighted by Gasteiger charge is 2.57. The van der Waals surface area contributed by atoms with E-state index in [1.807, 2.05) is 4.90 Å². The van der Waals surface area contributed by atoms with Crippen LogP contribution >= 0.6 is 0 Å². The van der Waals surface area contributed by atoms with Crippen molar-refractivity contribution in [3.63, 3.8) is 0 Å². The molecule has 0 radical (unpaired) electrons. The van der Waals surface area contributed by atoms with Crippen LogP contribution in [0.3, 0.4) is 0 Å². The number of carbonyl (C=O) groups excluding carboxylic acids is 1. The second-order valence-corrected chi connectivity index (χ2v) is 5.28. The van der Waals surface area contributed by atoms with Crippen LogP contribution < -0.4 is 0 Å². The van der Waals surface area contributed by atoms with Crippen molar-refractivity contribution < 1.29 is 10.0 Å². The maximum atomic E-state index is 12.2. The van der Waals surface area contributed by atoms with Crippen molar-refractivity contribution in [1.82, 2.24) is 4.90 Å². The zero-order valence-corrected chi connectivity index (χ0v) is 9.43. The normalized spacial score (nSPS) is 37.1. The second-order valence-electron chi connectivity index (χ2n) is 5.28. The van der Waals surface area contributed by atoms with Crippen LogP contribution in [0.2, 0.25) is 0 Å². The molecule has 4 nitrogen and oxygen atoms in total. The number of rotatable bonds is 1. The topological polar surface area (TPSA) is 52.9 Å². The number of carbonyl (C=O) groups is 1. The fourth-order valence-electron chi connectivity index (χ4n) is 3.48. The van der Waals surface area contributed by atoms with Gasteiger partial charge < -0.3 is 10.1 Å². The van der Waals surface area contributed by atoms with Crippen LogP contribution in [-0.4, -0.2) is 34.8 Å². The number of fused-ring (bicyclic) bond motifs is 1. The van der Waals surface area contributed by atoms with Gasteiger partial charge in [0.15, 0.2) is 0 Å². The molecule has 3 fully saturated rings. The van der Waals surface area contributed by atoms with Crippen molar-refractivity contribution in [3.05, 3.63) is 0 Å². The van der Waals surface area contributed by atoms with Crippen LogP contribution in [0.1, 0.15) is 32.1 Å². The maximum Gasteiger partial charge on any atom is 0.226 e. The summed E-state index contributed by atoms with van der Waals surface area (Å²) in [6, 6.07) is 0. The van der Waals surface area contributed by atoms with E-state index >= 15 is 0 Å². The van der Waals surface area contributed by atoms with Gasteiger partial charge in [0.25, 0.3) is 0 Å². The summed E-state index contributed by atoms with van der Waals surface area (Å²) in [6.07, 6.45) is 5.32. The molecule has 2 saturated carbocycles. The third-order valence-corrected chi connectivity index (χ3v) is 4.49. The van der Waals surface area contributed by atoms with Crippen molar-refractivity contribution >= 4 is 11.6 Å². The first-order valence-electron chi connectivity index (χ1n) is 6.30. The molecule has 1 saturated heterocycles. The molecule has 0 bridgehead atoms. The highest BCUT2D eigenvalue weighted by molar-refractivity contribution is 5.88. The number of hydrogen-bond donors (Lipinski definition) is 1. The monoisotopic (exact) mass is 222 g/mol. The van der Waals surface area contributed by atoms with Gasteiger partial charge in [0.1, 0.15) is 0 Å². The minimum Gasteiger partial charge on any atom is -0.411 e. The Labute approximate surface area is 95.3 Å². The molecule has 16 heavy (non-hydrogen) atoms. The highest BCUT2D eigenvalue weighted by atomic mass is 16.4. The first-order valence-corrected chi connectivity index (χ1v) is 6.30. The van der Waals surface area contributed by atoms with Gasteiger partial charge in [0.2, 0.25) is 5.91 Å². The minimum atomic E-state index is 0.348. The lowest BCUT2D eigenvalue weighted by Gasteiger charge is -2.27. The number of likely N-dealkylation sites (tertiary alicyclic amines) is 1. The van der Waals surface area contributed by atoms with E-state index in [-0.39, 0.29) is 0 Å². The minimum absolute atomic E-state index is 0.348. The molecule has 1 heterocycles.